The van der Waals surface area contributed by atoms with Crippen molar-refractivity contribution in [2.24, 2.45) is 0 Å². The van der Waals surface area contributed by atoms with Gasteiger partial charge in [-0.25, -0.2) is 0 Å². The summed E-state index contributed by atoms with van der Waals surface area (Å²) in [7, 11) is 4.24. The molecule has 0 unspecified atom stereocenters. The minimum absolute atomic E-state index is 0.651. The van der Waals surface area contributed by atoms with E-state index in [1.165, 1.54) is 4.90 Å². The van der Waals surface area contributed by atoms with Gasteiger partial charge in [0.15, 0.2) is 5.11 Å². The number of nitrogens with zero attached hydrogens (tertiary/aromatic N) is 1. The summed E-state index contributed by atoms with van der Waals surface area (Å²) >= 11 is 5.30. The minimum atomic E-state index is 0.651. The summed E-state index contributed by atoms with van der Waals surface area (Å²) in [5.41, 5.74) is 1.95. The molecule has 100 valence electrons. The van der Waals surface area contributed by atoms with Gasteiger partial charge in [0.05, 0.1) is 32.7 Å². The fraction of sp³-hybridized carbons (Fsp3) is 0.286. The molecule has 0 fully saturated rings. The lowest BCUT2D eigenvalue weighted by atomic mass is 10.2. The van der Waals surface area contributed by atoms with Gasteiger partial charge in [0, 0.05) is 17.3 Å². The molecule has 0 aliphatic carbocycles. The Hall–Kier alpha value is -1.72. The Morgan fingerprint density at radius 1 is 1.26 bits per heavy atom. The molecule has 0 aliphatic heterocycles. The van der Waals surface area contributed by atoms with Crippen molar-refractivity contribution in [2.75, 3.05) is 32.5 Å². The lowest BCUT2D eigenvalue weighted by Crippen LogP contribution is -3.06. The smallest absolute Gasteiger partial charge is 0.171 e. The van der Waals surface area contributed by atoms with E-state index in [-0.39, 0.29) is 0 Å². The summed E-state index contributed by atoms with van der Waals surface area (Å²) in [6.45, 7) is 1.89. The lowest BCUT2D eigenvalue weighted by Gasteiger charge is -2.13. The second kappa shape index (κ2) is 6.45. The van der Waals surface area contributed by atoms with Crippen LogP contribution < -0.4 is 15.5 Å². The van der Waals surface area contributed by atoms with Crippen molar-refractivity contribution in [3.63, 3.8) is 0 Å². The highest BCUT2D eigenvalue weighted by molar-refractivity contribution is 7.80. The molecule has 1 aromatic heterocycles. The number of quaternary nitrogens is 1. The molecule has 2 aromatic rings. The van der Waals surface area contributed by atoms with E-state index in [4.69, 9.17) is 12.2 Å². The van der Waals surface area contributed by atoms with E-state index in [1.807, 2.05) is 30.3 Å². The van der Waals surface area contributed by atoms with Crippen LogP contribution in [0.3, 0.4) is 0 Å². The molecule has 0 atom stereocenters. The van der Waals surface area contributed by atoms with Gasteiger partial charge >= 0.3 is 0 Å². The lowest BCUT2D eigenvalue weighted by molar-refractivity contribution is -0.856. The Kier molecular flexibility index (Phi) is 4.65. The molecule has 19 heavy (non-hydrogen) atoms. The molecule has 4 nitrogen and oxygen atoms in total. The van der Waals surface area contributed by atoms with Crippen molar-refractivity contribution in [3.05, 3.63) is 36.5 Å². The number of benzene rings is 1. The van der Waals surface area contributed by atoms with Gasteiger partial charge in [-0.1, -0.05) is 6.07 Å². The van der Waals surface area contributed by atoms with Gasteiger partial charge in [0.25, 0.3) is 0 Å². The second-order valence-corrected chi connectivity index (χ2v) is 5.12. The molecule has 0 aliphatic rings. The number of thiocarbonyl (C=S) groups is 1. The highest BCUT2D eigenvalue weighted by atomic mass is 32.1. The number of pyridine rings is 1. The largest absolute Gasteiger partial charge is 0.357 e. The number of hydrogen-bond acceptors (Lipinski definition) is 2. The fourth-order valence-electron chi connectivity index (χ4n) is 1.80. The van der Waals surface area contributed by atoms with Crippen molar-refractivity contribution in [1.29, 1.82) is 0 Å². The van der Waals surface area contributed by atoms with E-state index in [9.17, 15) is 0 Å². The van der Waals surface area contributed by atoms with Crippen molar-refractivity contribution < 1.29 is 4.90 Å². The zero-order valence-electron chi connectivity index (χ0n) is 11.2. The van der Waals surface area contributed by atoms with Crippen LogP contribution >= 0.6 is 12.2 Å². The van der Waals surface area contributed by atoms with E-state index in [0.717, 1.165) is 29.7 Å². The number of anilines is 1. The van der Waals surface area contributed by atoms with Crippen LogP contribution in [0.5, 0.6) is 0 Å². The van der Waals surface area contributed by atoms with E-state index in [2.05, 4.69) is 29.7 Å². The number of hydrogen-bond donors (Lipinski definition) is 3. The zero-order chi connectivity index (χ0) is 13.7. The van der Waals surface area contributed by atoms with Gasteiger partial charge in [-0.05, 0) is 36.5 Å². The van der Waals surface area contributed by atoms with Gasteiger partial charge in [0.2, 0.25) is 0 Å². The Bertz CT molecular complexity index is 563. The maximum Gasteiger partial charge on any atom is 0.171 e. The monoisotopic (exact) mass is 275 g/mol. The summed E-state index contributed by atoms with van der Waals surface area (Å²) in [6.07, 6.45) is 1.79. The molecule has 0 saturated carbocycles. The Labute approximate surface area is 118 Å². The van der Waals surface area contributed by atoms with Gasteiger partial charge < -0.3 is 15.5 Å². The number of likely N-dealkylation sites (N-methyl/N-ethyl adjacent to an activating group) is 1. The van der Waals surface area contributed by atoms with Crippen LogP contribution in [-0.4, -0.2) is 37.3 Å². The molecule has 0 bridgehead atoms. The second-order valence-electron chi connectivity index (χ2n) is 4.71. The van der Waals surface area contributed by atoms with Crippen LogP contribution in [0, 0.1) is 0 Å². The first-order valence-corrected chi connectivity index (χ1v) is 6.75. The van der Waals surface area contributed by atoms with Crippen LogP contribution in [0.25, 0.3) is 10.9 Å². The normalized spacial score (nSPS) is 10.7. The zero-order valence-corrected chi connectivity index (χ0v) is 12.1. The summed E-state index contributed by atoms with van der Waals surface area (Å²) in [6, 6.07) is 9.95. The van der Waals surface area contributed by atoms with Crippen LogP contribution in [0.4, 0.5) is 5.69 Å². The first kappa shape index (κ1) is 13.7. The van der Waals surface area contributed by atoms with Gasteiger partial charge in [-0.15, -0.1) is 0 Å². The third-order valence-electron chi connectivity index (χ3n) is 2.80. The average Bonchev–Trinajstić information content (AvgIpc) is 2.39. The third kappa shape index (κ3) is 3.87. The summed E-state index contributed by atoms with van der Waals surface area (Å²) in [5.74, 6) is 0. The van der Waals surface area contributed by atoms with Gasteiger partial charge in [0.1, 0.15) is 0 Å². The van der Waals surface area contributed by atoms with E-state index in [1.54, 1.807) is 6.20 Å². The third-order valence-corrected chi connectivity index (χ3v) is 3.05. The van der Waals surface area contributed by atoms with Crippen molar-refractivity contribution in [3.8, 4) is 0 Å². The fourth-order valence-corrected chi connectivity index (χ4v) is 2.02. The SMILES string of the molecule is C[NH+](C)CCNC(=S)Nc1cccc2ncccc12. The molecule has 1 heterocycles. The topological polar surface area (TPSA) is 41.4 Å². The quantitative estimate of drug-likeness (QED) is 0.717. The molecule has 5 heteroatoms. The highest BCUT2D eigenvalue weighted by Gasteiger charge is 2.03. The molecular weight excluding hydrogens is 256 g/mol. The number of nitrogens with one attached hydrogen (secondary N) is 3. The molecule has 0 amide bonds. The molecule has 2 rings (SSSR count). The van der Waals surface area contributed by atoms with Crippen LogP contribution in [0.2, 0.25) is 0 Å². The van der Waals surface area contributed by atoms with E-state index >= 15 is 0 Å². The predicted molar refractivity (Wildman–Crippen MR) is 83.6 cm³/mol. The summed E-state index contributed by atoms with van der Waals surface area (Å²) < 4.78 is 0. The van der Waals surface area contributed by atoms with Crippen molar-refractivity contribution in [1.82, 2.24) is 10.3 Å². The predicted octanol–water partition coefficient (Wildman–Crippen LogP) is 0.666. The van der Waals surface area contributed by atoms with Crippen LogP contribution in [-0.2, 0) is 0 Å². The van der Waals surface area contributed by atoms with Gasteiger partial charge in [-0.3, -0.25) is 4.98 Å². The molecular formula is C14H19N4S+. The first-order valence-electron chi connectivity index (χ1n) is 6.34. The minimum Gasteiger partial charge on any atom is -0.357 e. The molecule has 0 spiro atoms. The van der Waals surface area contributed by atoms with Gasteiger partial charge in [-0.2, -0.15) is 0 Å². The molecule has 1 aromatic carbocycles. The Morgan fingerprint density at radius 2 is 2.11 bits per heavy atom. The summed E-state index contributed by atoms with van der Waals surface area (Å²) in [5, 5.41) is 8.16. The maximum atomic E-state index is 5.30. The maximum absolute atomic E-state index is 5.30. The molecule has 0 radical (unpaired) electrons. The van der Waals surface area contributed by atoms with E-state index < -0.39 is 0 Å². The van der Waals surface area contributed by atoms with E-state index in [0.29, 0.717) is 5.11 Å². The Balaban J connectivity index is 2.03. The standard InChI is InChI=1S/C14H18N4S/c1-18(2)10-9-16-14(19)17-13-7-3-6-12-11(13)5-4-8-15-12/h3-8H,9-10H2,1-2H3,(H2,16,17,19)/p+1. The highest BCUT2D eigenvalue weighted by Crippen LogP contribution is 2.20. The first-order chi connectivity index (χ1) is 9.16. The van der Waals surface area contributed by atoms with Crippen molar-refractivity contribution >= 4 is 33.9 Å². The van der Waals surface area contributed by atoms with Crippen LogP contribution in [0.15, 0.2) is 36.5 Å². The molecule has 0 saturated heterocycles. The van der Waals surface area contributed by atoms with Crippen LogP contribution in [0.1, 0.15) is 0 Å². The Morgan fingerprint density at radius 3 is 2.89 bits per heavy atom. The summed E-state index contributed by atoms with van der Waals surface area (Å²) in [4.78, 5) is 5.72. The number of rotatable bonds is 4. The number of aromatic nitrogens is 1. The number of fused-ring (bicyclic) bond motifs is 1. The average molecular weight is 275 g/mol. The van der Waals surface area contributed by atoms with Crippen molar-refractivity contribution in [2.45, 2.75) is 0 Å². The molecule has 3 N–H and O–H groups in total.